The lowest BCUT2D eigenvalue weighted by atomic mass is 9.93. The SMILES string of the molecule is C=C/C(=C(/N=C(C)c1cccc(C(C)=Nc2c(C(C)C)cccc2C(C)C)n1)C(=C)C(C)C)C(C)C. The molecule has 1 heterocycles. The smallest absolute Gasteiger partial charge is 0.0849 e. The number of aromatic nitrogens is 1. The molecule has 2 aromatic rings. The van der Waals surface area contributed by atoms with Crippen LogP contribution in [0.5, 0.6) is 0 Å². The molecule has 0 amide bonds. The van der Waals surface area contributed by atoms with Crippen molar-refractivity contribution in [2.45, 2.75) is 81.1 Å². The van der Waals surface area contributed by atoms with Gasteiger partial charge in [-0.1, -0.05) is 98.9 Å². The predicted molar refractivity (Wildman–Crippen MR) is 159 cm³/mol. The maximum Gasteiger partial charge on any atom is 0.0849 e. The molecule has 192 valence electrons. The summed E-state index contributed by atoms with van der Waals surface area (Å²) in [5, 5.41) is 0. The van der Waals surface area contributed by atoms with E-state index in [2.05, 4.69) is 86.7 Å². The number of para-hydroxylation sites is 1. The maximum absolute atomic E-state index is 5.13. The molecule has 0 atom stereocenters. The van der Waals surface area contributed by atoms with Crippen molar-refractivity contribution in [1.29, 1.82) is 0 Å². The van der Waals surface area contributed by atoms with E-state index >= 15 is 0 Å². The van der Waals surface area contributed by atoms with Gasteiger partial charge < -0.3 is 0 Å². The van der Waals surface area contributed by atoms with Gasteiger partial charge in [0.2, 0.25) is 0 Å². The van der Waals surface area contributed by atoms with Crippen molar-refractivity contribution >= 4 is 17.1 Å². The molecule has 3 heteroatoms. The number of aliphatic imine (C=N–C) groups is 2. The monoisotopic (exact) mass is 483 g/mol. The van der Waals surface area contributed by atoms with E-state index in [1.165, 1.54) is 11.1 Å². The third-order valence-electron chi connectivity index (χ3n) is 6.51. The van der Waals surface area contributed by atoms with E-state index in [1.807, 2.05) is 38.1 Å². The number of nitrogens with zero attached hydrogens (tertiary/aromatic N) is 3. The summed E-state index contributed by atoms with van der Waals surface area (Å²) in [5.74, 6) is 1.37. The van der Waals surface area contributed by atoms with Crippen LogP contribution in [0.15, 0.2) is 82.5 Å². The maximum atomic E-state index is 5.13. The number of hydrogen-bond acceptors (Lipinski definition) is 3. The minimum absolute atomic E-state index is 0.287. The third kappa shape index (κ3) is 7.00. The second-order valence-electron chi connectivity index (χ2n) is 10.7. The predicted octanol–water partition coefficient (Wildman–Crippen LogP) is 9.59. The molecule has 0 aliphatic heterocycles. The summed E-state index contributed by atoms with van der Waals surface area (Å²) in [6.45, 7) is 29.9. The zero-order chi connectivity index (χ0) is 27.2. The quantitative estimate of drug-likeness (QED) is 0.245. The van der Waals surface area contributed by atoms with Gasteiger partial charge in [-0.15, -0.1) is 0 Å². The topological polar surface area (TPSA) is 37.6 Å². The van der Waals surface area contributed by atoms with Crippen molar-refractivity contribution in [3.05, 3.63) is 95.0 Å². The second-order valence-corrected chi connectivity index (χ2v) is 10.7. The summed E-state index contributed by atoms with van der Waals surface area (Å²) < 4.78 is 0. The molecular formula is C33H45N3. The number of allylic oxidation sites excluding steroid dienone is 3. The van der Waals surface area contributed by atoms with Crippen LogP contribution in [0.1, 0.15) is 104 Å². The highest BCUT2D eigenvalue weighted by atomic mass is 14.8. The van der Waals surface area contributed by atoms with Gasteiger partial charge in [-0.3, -0.25) is 9.98 Å². The van der Waals surface area contributed by atoms with E-state index in [0.717, 1.165) is 45.3 Å². The van der Waals surface area contributed by atoms with Gasteiger partial charge in [-0.05, 0) is 71.9 Å². The first-order valence-corrected chi connectivity index (χ1v) is 13.2. The van der Waals surface area contributed by atoms with Crippen molar-refractivity contribution in [1.82, 2.24) is 4.98 Å². The van der Waals surface area contributed by atoms with Crippen molar-refractivity contribution < 1.29 is 0 Å². The summed E-state index contributed by atoms with van der Waals surface area (Å²) >= 11 is 0. The highest BCUT2D eigenvalue weighted by Crippen LogP contribution is 2.35. The molecule has 1 aromatic carbocycles. The molecule has 36 heavy (non-hydrogen) atoms. The van der Waals surface area contributed by atoms with Crippen LogP contribution in [0.25, 0.3) is 0 Å². The zero-order valence-electron chi connectivity index (χ0n) is 24.1. The fourth-order valence-corrected chi connectivity index (χ4v) is 4.13. The summed E-state index contributed by atoms with van der Waals surface area (Å²) in [6, 6.07) is 12.6. The third-order valence-corrected chi connectivity index (χ3v) is 6.51. The van der Waals surface area contributed by atoms with Crippen molar-refractivity contribution in [3.8, 4) is 0 Å². The van der Waals surface area contributed by atoms with E-state index in [0.29, 0.717) is 17.8 Å². The molecule has 2 rings (SSSR count). The highest BCUT2D eigenvalue weighted by molar-refractivity contribution is 6.02. The van der Waals surface area contributed by atoms with Gasteiger partial charge in [-0.25, -0.2) is 4.98 Å². The average Bonchev–Trinajstić information content (AvgIpc) is 2.82. The van der Waals surface area contributed by atoms with Crippen LogP contribution in [0.4, 0.5) is 5.69 Å². The lowest BCUT2D eigenvalue weighted by molar-refractivity contribution is 0.743. The fourth-order valence-electron chi connectivity index (χ4n) is 4.13. The Morgan fingerprint density at radius 3 is 1.72 bits per heavy atom. The standard InChI is InChI=1S/C33H45N3/c1-13-27(21(4)5)32(24(10)20(2)3)34-25(11)30-18-15-19-31(36-30)26(12)35-33-28(22(6)7)16-14-17-29(33)23(8)9/h13-23H,1,10H2,2-9,11-12H3/b32-27-,34-25?,35-26?. The van der Waals surface area contributed by atoms with Crippen molar-refractivity contribution in [2.24, 2.45) is 21.8 Å². The summed E-state index contributed by atoms with van der Waals surface area (Å²) in [4.78, 5) is 15.1. The molecule has 0 unspecified atom stereocenters. The zero-order valence-corrected chi connectivity index (χ0v) is 24.1. The molecule has 0 N–H and O–H groups in total. The molecule has 0 aliphatic rings. The first-order valence-electron chi connectivity index (χ1n) is 13.2. The first-order chi connectivity index (χ1) is 16.9. The molecular weight excluding hydrogens is 438 g/mol. The van der Waals surface area contributed by atoms with Crippen molar-refractivity contribution in [3.63, 3.8) is 0 Å². The number of hydrogen-bond donors (Lipinski definition) is 0. The van der Waals surface area contributed by atoms with Gasteiger partial charge in [0.1, 0.15) is 0 Å². The van der Waals surface area contributed by atoms with E-state index in [9.17, 15) is 0 Å². The molecule has 0 bridgehead atoms. The number of pyridine rings is 1. The van der Waals surface area contributed by atoms with E-state index in [1.54, 1.807) is 0 Å². The average molecular weight is 484 g/mol. The molecule has 0 radical (unpaired) electrons. The van der Waals surface area contributed by atoms with Crippen LogP contribution >= 0.6 is 0 Å². The Hall–Kier alpha value is -3.07. The Labute approximate surface area is 219 Å². The van der Waals surface area contributed by atoms with Gasteiger partial charge >= 0.3 is 0 Å². The Balaban J connectivity index is 2.61. The molecule has 0 fully saturated rings. The van der Waals surface area contributed by atoms with Crippen LogP contribution < -0.4 is 0 Å². The molecule has 0 saturated heterocycles. The Morgan fingerprint density at radius 1 is 0.778 bits per heavy atom. The van der Waals surface area contributed by atoms with E-state index in [4.69, 9.17) is 15.0 Å². The number of rotatable bonds is 10. The van der Waals surface area contributed by atoms with Gasteiger partial charge in [0.05, 0.1) is 34.2 Å². The van der Waals surface area contributed by atoms with Gasteiger partial charge in [0.15, 0.2) is 0 Å². The van der Waals surface area contributed by atoms with Gasteiger partial charge in [0, 0.05) is 0 Å². The lowest BCUT2D eigenvalue weighted by Gasteiger charge is -2.18. The van der Waals surface area contributed by atoms with Crippen molar-refractivity contribution in [2.75, 3.05) is 0 Å². The van der Waals surface area contributed by atoms with E-state index in [-0.39, 0.29) is 5.92 Å². The highest BCUT2D eigenvalue weighted by Gasteiger charge is 2.16. The van der Waals surface area contributed by atoms with Crippen LogP contribution in [0.2, 0.25) is 0 Å². The second kappa shape index (κ2) is 12.8. The minimum atomic E-state index is 0.287. The largest absolute Gasteiger partial charge is 0.251 e. The number of benzene rings is 1. The Morgan fingerprint density at radius 2 is 1.28 bits per heavy atom. The Bertz CT molecular complexity index is 1160. The normalized spacial score (nSPS) is 13.6. The van der Waals surface area contributed by atoms with Crippen LogP contribution in [0.3, 0.4) is 0 Å². The summed E-state index contributed by atoms with van der Waals surface area (Å²) in [5.41, 5.74) is 10.1. The van der Waals surface area contributed by atoms with Crippen LogP contribution in [-0.4, -0.2) is 16.4 Å². The molecule has 1 aromatic heterocycles. The molecule has 0 spiro atoms. The molecule has 0 saturated carbocycles. The first kappa shape index (κ1) is 29.2. The summed E-state index contributed by atoms with van der Waals surface area (Å²) in [7, 11) is 0. The molecule has 0 aliphatic carbocycles. The van der Waals surface area contributed by atoms with Crippen LogP contribution in [-0.2, 0) is 0 Å². The lowest BCUT2D eigenvalue weighted by Crippen LogP contribution is -2.08. The fraction of sp³-hybridized carbons (Fsp3) is 0.424. The minimum Gasteiger partial charge on any atom is -0.251 e. The van der Waals surface area contributed by atoms with Gasteiger partial charge in [-0.2, -0.15) is 0 Å². The van der Waals surface area contributed by atoms with E-state index < -0.39 is 0 Å². The molecule has 3 nitrogen and oxygen atoms in total. The van der Waals surface area contributed by atoms with Gasteiger partial charge in [0.25, 0.3) is 0 Å². The Kier molecular flexibility index (Phi) is 10.3. The van der Waals surface area contributed by atoms with Crippen LogP contribution in [0, 0.1) is 11.8 Å². The summed E-state index contributed by atoms with van der Waals surface area (Å²) in [6.07, 6.45) is 1.91.